The number of nitrogens with zero attached hydrogens (tertiary/aromatic N) is 3. The molecule has 1 fully saturated rings. The SMILES string of the molecule is CN(CC1CCNC1)c1ncccc1C#N. The summed E-state index contributed by atoms with van der Waals surface area (Å²) in [6.45, 7) is 3.13. The van der Waals surface area contributed by atoms with Gasteiger partial charge in [0.1, 0.15) is 11.9 Å². The van der Waals surface area contributed by atoms with Crippen LogP contribution in [-0.2, 0) is 0 Å². The van der Waals surface area contributed by atoms with E-state index in [1.54, 1.807) is 12.3 Å². The van der Waals surface area contributed by atoms with Crippen molar-refractivity contribution in [2.75, 3.05) is 31.6 Å². The third-order valence-electron chi connectivity index (χ3n) is 2.96. The highest BCUT2D eigenvalue weighted by atomic mass is 15.2. The van der Waals surface area contributed by atoms with Crippen LogP contribution in [0.4, 0.5) is 5.82 Å². The van der Waals surface area contributed by atoms with Gasteiger partial charge in [-0.1, -0.05) is 0 Å². The van der Waals surface area contributed by atoms with Crippen LogP contribution in [0.5, 0.6) is 0 Å². The fourth-order valence-electron chi connectivity index (χ4n) is 2.13. The van der Waals surface area contributed by atoms with E-state index >= 15 is 0 Å². The average Bonchev–Trinajstić information content (AvgIpc) is 2.81. The standard InChI is InChI=1S/C12H16N4/c1-16(9-10-4-6-14-8-10)12-11(7-13)3-2-5-15-12/h2-3,5,10,14H,4,6,8-9H2,1H3. The summed E-state index contributed by atoms with van der Waals surface area (Å²) in [4.78, 5) is 6.35. The van der Waals surface area contributed by atoms with Crippen molar-refractivity contribution in [1.82, 2.24) is 10.3 Å². The zero-order valence-electron chi connectivity index (χ0n) is 9.48. The minimum absolute atomic E-state index is 0.649. The lowest BCUT2D eigenvalue weighted by Gasteiger charge is -2.22. The van der Waals surface area contributed by atoms with E-state index in [2.05, 4.69) is 21.3 Å². The lowest BCUT2D eigenvalue weighted by molar-refractivity contribution is 0.575. The van der Waals surface area contributed by atoms with Gasteiger partial charge in [-0.2, -0.15) is 5.26 Å². The van der Waals surface area contributed by atoms with Crippen LogP contribution in [0.1, 0.15) is 12.0 Å². The van der Waals surface area contributed by atoms with Gasteiger partial charge in [0.15, 0.2) is 0 Å². The van der Waals surface area contributed by atoms with E-state index in [0.717, 1.165) is 25.5 Å². The van der Waals surface area contributed by atoms with E-state index in [1.165, 1.54) is 6.42 Å². The number of hydrogen-bond acceptors (Lipinski definition) is 4. The lowest BCUT2D eigenvalue weighted by Crippen LogP contribution is -2.28. The molecule has 2 rings (SSSR count). The van der Waals surface area contributed by atoms with Crippen LogP contribution in [0.25, 0.3) is 0 Å². The second-order valence-electron chi connectivity index (χ2n) is 4.23. The van der Waals surface area contributed by atoms with Crippen LogP contribution in [-0.4, -0.2) is 31.7 Å². The van der Waals surface area contributed by atoms with Gasteiger partial charge >= 0.3 is 0 Å². The molecule has 0 spiro atoms. The molecule has 1 aliphatic rings. The number of hydrogen-bond donors (Lipinski definition) is 1. The Morgan fingerprint density at radius 2 is 2.56 bits per heavy atom. The maximum atomic E-state index is 9.00. The summed E-state index contributed by atoms with van der Waals surface area (Å²) < 4.78 is 0. The summed E-state index contributed by atoms with van der Waals surface area (Å²) in [6.07, 6.45) is 2.94. The van der Waals surface area contributed by atoms with Crippen LogP contribution in [0.3, 0.4) is 0 Å². The molecule has 0 bridgehead atoms. The Hall–Kier alpha value is -1.60. The maximum absolute atomic E-state index is 9.00. The van der Waals surface area contributed by atoms with E-state index in [4.69, 9.17) is 5.26 Å². The van der Waals surface area contributed by atoms with Gasteiger partial charge in [-0.25, -0.2) is 4.98 Å². The van der Waals surface area contributed by atoms with Gasteiger partial charge in [0.05, 0.1) is 5.56 Å². The summed E-state index contributed by atoms with van der Waals surface area (Å²) in [5, 5.41) is 12.3. The summed E-state index contributed by atoms with van der Waals surface area (Å²) in [6, 6.07) is 5.79. The molecule has 0 amide bonds. The summed E-state index contributed by atoms with van der Waals surface area (Å²) >= 11 is 0. The Bertz CT molecular complexity index is 390. The third-order valence-corrected chi connectivity index (χ3v) is 2.96. The second-order valence-corrected chi connectivity index (χ2v) is 4.23. The topological polar surface area (TPSA) is 52.0 Å². The highest BCUT2D eigenvalue weighted by Gasteiger charge is 2.18. The molecule has 0 aromatic carbocycles. The number of nitriles is 1. The second kappa shape index (κ2) is 4.95. The molecule has 16 heavy (non-hydrogen) atoms. The van der Waals surface area contributed by atoms with E-state index in [1.807, 2.05) is 13.1 Å². The molecule has 1 unspecified atom stereocenters. The first kappa shape index (κ1) is 10.9. The molecule has 1 aliphatic heterocycles. The fraction of sp³-hybridized carbons (Fsp3) is 0.500. The molecule has 0 aliphatic carbocycles. The highest BCUT2D eigenvalue weighted by Crippen LogP contribution is 2.17. The van der Waals surface area contributed by atoms with Crippen molar-refractivity contribution in [3.63, 3.8) is 0 Å². The first-order chi connectivity index (χ1) is 7.81. The maximum Gasteiger partial charge on any atom is 0.146 e. The fourth-order valence-corrected chi connectivity index (χ4v) is 2.13. The summed E-state index contributed by atoms with van der Waals surface area (Å²) in [7, 11) is 2.00. The van der Waals surface area contributed by atoms with Crippen LogP contribution >= 0.6 is 0 Å². The predicted molar refractivity (Wildman–Crippen MR) is 63.2 cm³/mol. The minimum Gasteiger partial charge on any atom is -0.358 e. The van der Waals surface area contributed by atoms with Crippen molar-refractivity contribution in [1.29, 1.82) is 5.26 Å². The Kier molecular flexibility index (Phi) is 3.37. The van der Waals surface area contributed by atoms with Crippen LogP contribution in [0.15, 0.2) is 18.3 Å². The summed E-state index contributed by atoms with van der Waals surface area (Å²) in [5.74, 6) is 1.45. The van der Waals surface area contributed by atoms with Crippen molar-refractivity contribution < 1.29 is 0 Å². The predicted octanol–water partition coefficient (Wildman–Crippen LogP) is 0.999. The summed E-state index contributed by atoms with van der Waals surface area (Å²) in [5.41, 5.74) is 0.649. The zero-order valence-corrected chi connectivity index (χ0v) is 9.48. The smallest absolute Gasteiger partial charge is 0.146 e. The number of anilines is 1. The zero-order chi connectivity index (χ0) is 11.4. The van der Waals surface area contributed by atoms with Crippen LogP contribution in [0.2, 0.25) is 0 Å². The molecule has 1 N–H and O–H groups in total. The van der Waals surface area contributed by atoms with Crippen molar-refractivity contribution in [2.45, 2.75) is 6.42 Å². The molecule has 2 heterocycles. The molecule has 4 nitrogen and oxygen atoms in total. The molecule has 1 atom stereocenters. The molecular weight excluding hydrogens is 200 g/mol. The molecule has 84 valence electrons. The molecule has 0 saturated carbocycles. The van der Waals surface area contributed by atoms with E-state index in [-0.39, 0.29) is 0 Å². The van der Waals surface area contributed by atoms with Gasteiger partial charge in [0.2, 0.25) is 0 Å². The van der Waals surface area contributed by atoms with E-state index in [0.29, 0.717) is 11.5 Å². The Morgan fingerprint density at radius 3 is 3.25 bits per heavy atom. The highest BCUT2D eigenvalue weighted by molar-refractivity contribution is 5.52. The van der Waals surface area contributed by atoms with Crippen molar-refractivity contribution >= 4 is 5.82 Å². The van der Waals surface area contributed by atoms with Gasteiger partial charge in [-0.15, -0.1) is 0 Å². The van der Waals surface area contributed by atoms with Crippen LogP contribution < -0.4 is 10.2 Å². The quantitative estimate of drug-likeness (QED) is 0.819. The van der Waals surface area contributed by atoms with E-state index < -0.39 is 0 Å². The van der Waals surface area contributed by atoms with Gasteiger partial charge < -0.3 is 10.2 Å². The Balaban J connectivity index is 2.08. The Morgan fingerprint density at radius 1 is 1.69 bits per heavy atom. The van der Waals surface area contributed by atoms with Gasteiger partial charge in [-0.3, -0.25) is 0 Å². The number of pyridine rings is 1. The Labute approximate surface area is 95.9 Å². The van der Waals surface area contributed by atoms with Crippen LogP contribution in [0, 0.1) is 17.2 Å². The molecule has 1 aromatic rings. The number of rotatable bonds is 3. The third kappa shape index (κ3) is 2.31. The molecule has 1 aromatic heterocycles. The number of nitrogens with one attached hydrogen (secondary N) is 1. The molecular formula is C12H16N4. The monoisotopic (exact) mass is 216 g/mol. The van der Waals surface area contributed by atoms with Gasteiger partial charge in [0.25, 0.3) is 0 Å². The van der Waals surface area contributed by atoms with Crippen molar-refractivity contribution in [2.24, 2.45) is 5.92 Å². The first-order valence-corrected chi connectivity index (χ1v) is 5.58. The molecule has 4 heteroatoms. The van der Waals surface area contributed by atoms with Gasteiger partial charge in [-0.05, 0) is 37.6 Å². The largest absolute Gasteiger partial charge is 0.358 e. The minimum atomic E-state index is 0.649. The number of aromatic nitrogens is 1. The normalized spacial score (nSPS) is 19.4. The van der Waals surface area contributed by atoms with Crippen molar-refractivity contribution in [3.05, 3.63) is 23.9 Å². The first-order valence-electron chi connectivity index (χ1n) is 5.58. The van der Waals surface area contributed by atoms with E-state index in [9.17, 15) is 0 Å². The van der Waals surface area contributed by atoms with Gasteiger partial charge in [0, 0.05) is 19.8 Å². The average molecular weight is 216 g/mol. The molecule has 1 saturated heterocycles. The molecule has 0 radical (unpaired) electrons. The lowest BCUT2D eigenvalue weighted by atomic mass is 10.1. The van der Waals surface area contributed by atoms with Crippen molar-refractivity contribution in [3.8, 4) is 6.07 Å².